The summed E-state index contributed by atoms with van der Waals surface area (Å²) in [6, 6.07) is 0. The third-order valence-electron chi connectivity index (χ3n) is 13.4. The van der Waals surface area contributed by atoms with Gasteiger partial charge in [-0.25, -0.2) is 0 Å². The molecule has 6 heteroatoms. The van der Waals surface area contributed by atoms with Crippen LogP contribution in [-0.2, 0) is 28.6 Å². The van der Waals surface area contributed by atoms with Crippen LogP contribution in [0.4, 0.5) is 0 Å². The first kappa shape index (κ1) is 62.4. The second-order valence-electron chi connectivity index (χ2n) is 19.9. The Hall–Kier alpha value is -1.59. The number of esters is 3. The van der Waals surface area contributed by atoms with Crippen LogP contribution < -0.4 is 0 Å². The smallest absolute Gasteiger partial charge is 0.306 e. The van der Waals surface area contributed by atoms with Crippen molar-refractivity contribution in [1.82, 2.24) is 0 Å². The van der Waals surface area contributed by atoms with Gasteiger partial charge in [-0.2, -0.15) is 0 Å². The maximum Gasteiger partial charge on any atom is 0.306 e. The Morgan fingerprint density at radius 3 is 0.625 bits per heavy atom. The van der Waals surface area contributed by atoms with E-state index < -0.39 is 6.10 Å². The van der Waals surface area contributed by atoms with Gasteiger partial charge in [-0.1, -0.05) is 297 Å². The maximum absolute atomic E-state index is 12.7. The predicted molar refractivity (Wildman–Crippen MR) is 275 cm³/mol. The molecule has 6 nitrogen and oxygen atoms in total. The Labute approximate surface area is 399 Å². The van der Waals surface area contributed by atoms with Crippen LogP contribution in [0.2, 0.25) is 0 Å². The number of hydrogen-bond acceptors (Lipinski definition) is 6. The van der Waals surface area contributed by atoms with Crippen molar-refractivity contribution in [3.8, 4) is 0 Å². The van der Waals surface area contributed by atoms with Crippen molar-refractivity contribution < 1.29 is 28.6 Å². The molecular weight excluding hydrogens is 793 g/mol. The molecule has 0 N–H and O–H groups in total. The number of unbranched alkanes of at least 4 members (excludes halogenated alkanes) is 43. The van der Waals surface area contributed by atoms with E-state index in [1.165, 1.54) is 231 Å². The number of rotatable bonds is 54. The Bertz CT molecular complexity index is 951. The van der Waals surface area contributed by atoms with E-state index in [2.05, 4.69) is 20.8 Å². The largest absolute Gasteiger partial charge is 0.462 e. The Morgan fingerprint density at radius 1 is 0.250 bits per heavy atom. The van der Waals surface area contributed by atoms with Crippen LogP contribution in [-0.4, -0.2) is 37.2 Å². The van der Waals surface area contributed by atoms with Gasteiger partial charge in [0.15, 0.2) is 6.10 Å². The van der Waals surface area contributed by atoms with Crippen molar-refractivity contribution in [1.29, 1.82) is 0 Å². The Morgan fingerprint density at radius 2 is 0.422 bits per heavy atom. The van der Waals surface area contributed by atoms with Crippen LogP contribution in [0.5, 0.6) is 0 Å². The average Bonchev–Trinajstić information content (AvgIpc) is 3.29. The number of ether oxygens (including phenoxy) is 3. The van der Waals surface area contributed by atoms with Gasteiger partial charge in [0.25, 0.3) is 0 Å². The molecule has 0 heterocycles. The molecule has 380 valence electrons. The summed E-state index contributed by atoms with van der Waals surface area (Å²) in [5, 5.41) is 0. The standard InChI is InChI=1S/C58H112O6/c1-4-7-10-13-15-17-19-20-21-22-23-24-25-26-27-28-29-30-31-32-33-34-35-36-37-38-39-41-42-45-48-51-57(60)63-54-55(53-62-56(59)50-47-44-12-9-6-3)64-58(61)52-49-46-43-40-18-16-14-11-8-5-2/h55H,4-54H2,1-3H3. The lowest BCUT2D eigenvalue weighted by atomic mass is 10.0. The topological polar surface area (TPSA) is 78.9 Å². The zero-order valence-electron chi connectivity index (χ0n) is 43.6. The zero-order chi connectivity index (χ0) is 46.5. The molecule has 1 unspecified atom stereocenters. The number of hydrogen-bond donors (Lipinski definition) is 0. The van der Waals surface area contributed by atoms with Crippen molar-refractivity contribution in [2.75, 3.05) is 13.2 Å². The highest BCUT2D eigenvalue weighted by atomic mass is 16.6. The van der Waals surface area contributed by atoms with Gasteiger partial charge in [0, 0.05) is 19.3 Å². The normalized spacial score (nSPS) is 11.9. The molecule has 0 aromatic carbocycles. The molecule has 1 atom stereocenters. The molecule has 64 heavy (non-hydrogen) atoms. The Balaban J connectivity index is 3.80. The molecule has 0 aromatic heterocycles. The van der Waals surface area contributed by atoms with Crippen LogP contribution in [0.25, 0.3) is 0 Å². The van der Waals surface area contributed by atoms with E-state index in [1.807, 2.05) is 0 Å². The summed E-state index contributed by atoms with van der Waals surface area (Å²) in [7, 11) is 0. The summed E-state index contributed by atoms with van der Waals surface area (Å²) in [6.45, 7) is 6.59. The monoisotopic (exact) mass is 905 g/mol. The predicted octanol–water partition coefficient (Wildman–Crippen LogP) is 19.2. The third-order valence-corrected chi connectivity index (χ3v) is 13.4. The SMILES string of the molecule is CCCCCCCCCCCCCCCCCCCCCCCCCCCCCCCCCC(=O)OCC(COC(=O)CCCCCCC)OC(=O)CCCCCCCCCCCC. The lowest BCUT2D eigenvalue weighted by molar-refractivity contribution is -0.167. The second-order valence-corrected chi connectivity index (χ2v) is 19.9. The second kappa shape index (κ2) is 54.0. The molecule has 0 spiro atoms. The lowest BCUT2D eigenvalue weighted by Crippen LogP contribution is -2.30. The number of carbonyl (C=O) groups excluding carboxylic acids is 3. The number of carbonyl (C=O) groups is 3. The summed E-state index contributed by atoms with van der Waals surface area (Å²) in [4.78, 5) is 37.6. The van der Waals surface area contributed by atoms with Gasteiger partial charge >= 0.3 is 17.9 Å². The fraction of sp³-hybridized carbons (Fsp3) is 0.948. The van der Waals surface area contributed by atoms with Crippen LogP contribution in [0.3, 0.4) is 0 Å². The molecule has 0 aliphatic heterocycles. The summed E-state index contributed by atoms with van der Waals surface area (Å²) in [6.07, 6.45) is 60.4. The first-order valence-corrected chi connectivity index (χ1v) is 29.0. The highest BCUT2D eigenvalue weighted by molar-refractivity contribution is 5.71. The quantitative estimate of drug-likeness (QED) is 0.0344. The van der Waals surface area contributed by atoms with Crippen LogP contribution >= 0.6 is 0 Å². The van der Waals surface area contributed by atoms with E-state index in [4.69, 9.17) is 14.2 Å². The van der Waals surface area contributed by atoms with Crippen LogP contribution in [0.1, 0.15) is 335 Å². The summed E-state index contributed by atoms with van der Waals surface area (Å²) in [5.41, 5.74) is 0. The molecule has 0 aliphatic rings. The molecule has 0 radical (unpaired) electrons. The highest BCUT2D eigenvalue weighted by Crippen LogP contribution is 2.18. The summed E-state index contributed by atoms with van der Waals surface area (Å²) < 4.78 is 16.7. The van der Waals surface area contributed by atoms with Gasteiger partial charge < -0.3 is 14.2 Å². The van der Waals surface area contributed by atoms with Crippen molar-refractivity contribution in [3.05, 3.63) is 0 Å². The molecule has 0 amide bonds. The minimum Gasteiger partial charge on any atom is -0.462 e. The average molecular weight is 906 g/mol. The highest BCUT2D eigenvalue weighted by Gasteiger charge is 2.19. The van der Waals surface area contributed by atoms with E-state index in [-0.39, 0.29) is 31.1 Å². The van der Waals surface area contributed by atoms with Crippen molar-refractivity contribution >= 4 is 17.9 Å². The molecule has 0 saturated heterocycles. The minimum absolute atomic E-state index is 0.0635. The van der Waals surface area contributed by atoms with Gasteiger partial charge in [0.1, 0.15) is 13.2 Å². The van der Waals surface area contributed by atoms with Crippen LogP contribution in [0, 0.1) is 0 Å². The summed E-state index contributed by atoms with van der Waals surface area (Å²) in [5.74, 6) is -0.860. The van der Waals surface area contributed by atoms with Gasteiger partial charge in [0.05, 0.1) is 0 Å². The van der Waals surface area contributed by atoms with Crippen molar-refractivity contribution in [2.24, 2.45) is 0 Å². The van der Waals surface area contributed by atoms with E-state index in [1.54, 1.807) is 0 Å². The minimum atomic E-state index is -0.757. The van der Waals surface area contributed by atoms with E-state index >= 15 is 0 Å². The lowest BCUT2D eigenvalue weighted by Gasteiger charge is -2.18. The molecule has 0 fully saturated rings. The molecular formula is C58H112O6. The molecule has 0 bridgehead atoms. The molecule has 0 aliphatic carbocycles. The van der Waals surface area contributed by atoms with Gasteiger partial charge in [0.2, 0.25) is 0 Å². The van der Waals surface area contributed by atoms with E-state index in [9.17, 15) is 14.4 Å². The zero-order valence-corrected chi connectivity index (χ0v) is 43.6. The first-order chi connectivity index (χ1) is 31.5. The van der Waals surface area contributed by atoms with E-state index in [0.29, 0.717) is 19.3 Å². The van der Waals surface area contributed by atoms with Crippen LogP contribution in [0.15, 0.2) is 0 Å². The van der Waals surface area contributed by atoms with Crippen molar-refractivity contribution in [3.63, 3.8) is 0 Å². The van der Waals surface area contributed by atoms with Crippen molar-refractivity contribution in [2.45, 2.75) is 341 Å². The van der Waals surface area contributed by atoms with Gasteiger partial charge in [-0.15, -0.1) is 0 Å². The third kappa shape index (κ3) is 51.4. The molecule has 0 rings (SSSR count). The van der Waals surface area contributed by atoms with Gasteiger partial charge in [-0.05, 0) is 19.3 Å². The fourth-order valence-electron chi connectivity index (χ4n) is 8.98. The molecule has 0 aromatic rings. The Kier molecular flexibility index (Phi) is 52.7. The van der Waals surface area contributed by atoms with Gasteiger partial charge in [-0.3, -0.25) is 14.4 Å². The fourth-order valence-corrected chi connectivity index (χ4v) is 8.98. The summed E-state index contributed by atoms with van der Waals surface area (Å²) >= 11 is 0. The van der Waals surface area contributed by atoms with E-state index in [0.717, 1.165) is 64.2 Å². The maximum atomic E-state index is 12.7. The molecule has 0 saturated carbocycles. The first-order valence-electron chi connectivity index (χ1n) is 29.0.